The zero-order chi connectivity index (χ0) is 23.3. The molecule has 0 bridgehead atoms. The molecule has 0 saturated heterocycles. The van der Waals surface area contributed by atoms with Crippen molar-refractivity contribution in [2.24, 2.45) is 15.1 Å². The van der Waals surface area contributed by atoms with Crippen molar-refractivity contribution in [3.8, 4) is 0 Å². The number of nitrogens with one attached hydrogen (secondary N) is 2. The van der Waals surface area contributed by atoms with Gasteiger partial charge in [0.25, 0.3) is 5.91 Å². The number of hydrazone groups is 1. The van der Waals surface area contributed by atoms with Crippen LogP contribution in [0.3, 0.4) is 0 Å². The molecule has 2 aromatic rings. The molecule has 0 aliphatic carbocycles. The van der Waals surface area contributed by atoms with Crippen LogP contribution in [0.5, 0.6) is 0 Å². The van der Waals surface area contributed by atoms with Gasteiger partial charge >= 0.3 is 0 Å². The minimum atomic E-state index is -0.721. The Kier molecular flexibility index (Phi) is 7.63. The highest BCUT2D eigenvalue weighted by molar-refractivity contribution is 6.30. The topological polar surface area (TPSA) is 78.2 Å². The van der Waals surface area contributed by atoms with Crippen LogP contribution in [0.15, 0.2) is 51.5 Å². The van der Waals surface area contributed by atoms with E-state index in [2.05, 4.69) is 25.8 Å². The highest BCUT2D eigenvalue weighted by Gasteiger charge is 2.19. The lowest BCUT2D eigenvalue weighted by atomic mass is 10.1. The molecule has 0 aromatic heterocycles. The number of amidine groups is 1. The summed E-state index contributed by atoms with van der Waals surface area (Å²) >= 11 is 5.67. The lowest BCUT2D eigenvalue weighted by molar-refractivity contribution is 0.0976. The van der Waals surface area contributed by atoms with E-state index in [1.54, 1.807) is 0 Å². The van der Waals surface area contributed by atoms with E-state index in [0.717, 1.165) is 25.0 Å². The van der Waals surface area contributed by atoms with Gasteiger partial charge in [0.05, 0.1) is 23.2 Å². The van der Waals surface area contributed by atoms with Crippen LogP contribution in [-0.4, -0.2) is 29.5 Å². The second-order valence-electron chi connectivity index (χ2n) is 7.24. The zero-order valence-electron chi connectivity index (χ0n) is 17.4. The molecule has 0 saturated carbocycles. The van der Waals surface area contributed by atoms with Crippen molar-refractivity contribution in [2.75, 3.05) is 0 Å². The van der Waals surface area contributed by atoms with Crippen molar-refractivity contribution < 1.29 is 18.0 Å². The van der Waals surface area contributed by atoms with Crippen LogP contribution < -0.4 is 10.7 Å². The Bertz CT molecular complexity index is 1100. The molecule has 1 atom stereocenters. The summed E-state index contributed by atoms with van der Waals surface area (Å²) in [6.07, 6.45) is 1.79. The van der Waals surface area contributed by atoms with Crippen molar-refractivity contribution in [3.63, 3.8) is 0 Å². The zero-order valence-corrected chi connectivity index (χ0v) is 18.2. The van der Waals surface area contributed by atoms with E-state index in [-0.39, 0.29) is 34.6 Å². The Morgan fingerprint density at radius 3 is 2.59 bits per heavy atom. The number of nitrogens with zero attached hydrogens (tertiary/aromatic N) is 3. The quantitative estimate of drug-likeness (QED) is 0.492. The lowest BCUT2D eigenvalue weighted by Crippen LogP contribution is -2.32. The van der Waals surface area contributed by atoms with E-state index in [9.17, 15) is 18.0 Å². The third kappa shape index (κ3) is 6.16. The number of benzene rings is 2. The first kappa shape index (κ1) is 23.5. The Labute approximate surface area is 188 Å². The standard InChI is InChI=1S/C22H21ClF3N5O/c1-3-4-12(2)27-22(29-21(32)13-5-6-17(23)18(26)9-13)28-20-11-19(30-31-20)14-7-15(24)10-16(25)8-14/h5-10,12H,3-4,11H2,1-2H3,(H2,27,28,29,31,32). The van der Waals surface area contributed by atoms with Crippen molar-refractivity contribution in [3.05, 3.63) is 70.0 Å². The largest absolute Gasteiger partial charge is 0.291 e. The van der Waals surface area contributed by atoms with Gasteiger partial charge in [0.15, 0.2) is 0 Å². The van der Waals surface area contributed by atoms with Crippen LogP contribution >= 0.6 is 11.6 Å². The molecule has 2 N–H and O–H groups in total. The molecule has 32 heavy (non-hydrogen) atoms. The van der Waals surface area contributed by atoms with E-state index in [1.165, 1.54) is 24.3 Å². The fourth-order valence-electron chi connectivity index (χ4n) is 3.04. The molecule has 1 aliphatic heterocycles. The number of rotatable bonds is 5. The molecule has 6 nitrogen and oxygen atoms in total. The number of carbonyl (C=O) groups is 1. The van der Waals surface area contributed by atoms with Gasteiger partial charge in [-0.25, -0.2) is 18.2 Å². The van der Waals surface area contributed by atoms with Crippen LogP contribution in [0.4, 0.5) is 13.2 Å². The highest BCUT2D eigenvalue weighted by Crippen LogP contribution is 2.16. The van der Waals surface area contributed by atoms with Crippen LogP contribution in [-0.2, 0) is 0 Å². The maximum absolute atomic E-state index is 13.7. The van der Waals surface area contributed by atoms with Gasteiger partial charge in [0.2, 0.25) is 5.96 Å². The first-order valence-electron chi connectivity index (χ1n) is 9.96. The summed E-state index contributed by atoms with van der Waals surface area (Å²) in [5.74, 6) is -2.43. The molecular weight excluding hydrogens is 443 g/mol. The predicted octanol–water partition coefficient (Wildman–Crippen LogP) is 4.83. The van der Waals surface area contributed by atoms with E-state index in [4.69, 9.17) is 11.6 Å². The monoisotopic (exact) mass is 463 g/mol. The van der Waals surface area contributed by atoms with Crippen LogP contribution in [0.2, 0.25) is 5.02 Å². The fraction of sp³-hybridized carbons (Fsp3) is 0.273. The number of halogens is 4. The summed E-state index contributed by atoms with van der Waals surface area (Å²) in [7, 11) is 0. The smallest absolute Gasteiger partial charge is 0.258 e. The fourth-order valence-corrected chi connectivity index (χ4v) is 3.16. The average Bonchev–Trinajstić information content (AvgIpc) is 3.18. The molecule has 1 heterocycles. The molecule has 0 spiro atoms. The van der Waals surface area contributed by atoms with Crippen LogP contribution in [0.1, 0.15) is 49.0 Å². The van der Waals surface area contributed by atoms with Crippen molar-refractivity contribution >= 4 is 35.0 Å². The summed E-state index contributed by atoms with van der Waals surface area (Å²) < 4.78 is 40.8. The van der Waals surface area contributed by atoms with Gasteiger partial charge < -0.3 is 0 Å². The Balaban J connectivity index is 1.81. The molecule has 1 aliphatic rings. The molecule has 3 rings (SSSR count). The van der Waals surface area contributed by atoms with Gasteiger partial charge in [-0.05, 0) is 43.7 Å². The summed E-state index contributed by atoms with van der Waals surface area (Å²) in [5, 5.41) is 6.54. The van der Waals surface area contributed by atoms with Crippen LogP contribution in [0, 0.1) is 17.5 Å². The van der Waals surface area contributed by atoms with Gasteiger partial charge in [-0.3, -0.25) is 15.5 Å². The molecule has 0 fully saturated rings. The van der Waals surface area contributed by atoms with E-state index in [0.29, 0.717) is 11.5 Å². The first-order valence-corrected chi connectivity index (χ1v) is 10.3. The van der Waals surface area contributed by atoms with Gasteiger partial charge in [-0.1, -0.05) is 24.9 Å². The van der Waals surface area contributed by atoms with Gasteiger partial charge in [-0.2, -0.15) is 10.1 Å². The number of guanidine groups is 1. The average molecular weight is 464 g/mol. The summed E-state index contributed by atoms with van der Waals surface area (Å²) in [6, 6.07) is 6.66. The number of carbonyl (C=O) groups excluding carboxylic acids is 1. The molecule has 1 unspecified atom stereocenters. The Morgan fingerprint density at radius 2 is 1.94 bits per heavy atom. The number of aliphatic imine (C=N–C) groups is 2. The molecule has 168 valence electrons. The summed E-state index contributed by atoms with van der Waals surface area (Å²) in [5.41, 5.74) is 3.40. The normalized spacial score (nSPS) is 16.0. The second-order valence-corrected chi connectivity index (χ2v) is 7.64. The van der Waals surface area contributed by atoms with Gasteiger partial charge in [0.1, 0.15) is 23.3 Å². The van der Waals surface area contributed by atoms with E-state index >= 15 is 0 Å². The van der Waals surface area contributed by atoms with E-state index < -0.39 is 23.4 Å². The summed E-state index contributed by atoms with van der Waals surface area (Å²) in [4.78, 5) is 21.3. The van der Waals surface area contributed by atoms with Crippen molar-refractivity contribution in [1.29, 1.82) is 0 Å². The van der Waals surface area contributed by atoms with Crippen molar-refractivity contribution in [1.82, 2.24) is 10.7 Å². The maximum atomic E-state index is 13.7. The molecule has 0 radical (unpaired) electrons. The summed E-state index contributed by atoms with van der Waals surface area (Å²) in [6.45, 7) is 3.88. The number of hydrogen-bond acceptors (Lipinski definition) is 3. The predicted molar refractivity (Wildman–Crippen MR) is 119 cm³/mol. The molecule has 2 aromatic carbocycles. The Morgan fingerprint density at radius 1 is 1.22 bits per heavy atom. The lowest BCUT2D eigenvalue weighted by Gasteiger charge is -2.10. The molecule has 1 amide bonds. The maximum Gasteiger partial charge on any atom is 0.258 e. The molecular formula is C22H21ClF3N5O. The Hall–Kier alpha value is -3.20. The SMILES string of the molecule is CCCC(C)N=C(N=C1CC(c2cc(F)cc(F)c2)=NN1)NC(=O)c1ccc(Cl)c(F)c1. The molecule has 10 heteroatoms. The minimum Gasteiger partial charge on any atom is -0.291 e. The highest BCUT2D eigenvalue weighted by atomic mass is 35.5. The van der Waals surface area contributed by atoms with E-state index in [1.807, 2.05) is 13.8 Å². The van der Waals surface area contributed by atoms with Gasteiger partial charge in [-0.15, -0.1) is 0 Å². The number of amides is 1. The first-order chi connectivity index (χ1) is 15.2. The van der Waals surface area contributed by atoms with Crippen LogP contribution in [0.25, 0.3) is 0 Å². The van der Waals surface area contributed by atoms with Crippen molar-refractivity contribution in [2.45, 2.75) is 39.2 Å². The number of hydrogen-bond donors (Lipinski definition) is 2. The third-order valence-electron chi connectivity index (χ3n) is 4.55. The minimum absolute atomic E-state index is 0.00989. The third-order valence-corrected chi connectivity index (χ3v) is 4.85. The second kappa shape index (κ2) is 10.4. The van der Waals surface area contributed by atoms with Gasteiger partial charge in [0, 0.05) is 17.2 Å².